The molecule has 0 spiro atoms. The van der Waals surface area contributed by atoms with E-state index < -0.39 is 0 Å². The van der Waals surface area contributed by atoms with Gasteiger partial charge >= 0.3 is 0 Å². The number of hydrogen-bond donors (Lipinski definition) is 1. The summed E-state index contributed by atoms with van der Waals surface area (Å²) >= 11 is 0. The molecular formula is C19H25NO. The van der Waals surface area contributed by atoms with Crippen LogP contribution in [0, 0.1) is 5.92 Å². The van der Waals surface area contributed by atoms with E-state index in [0.29, 0.717) is 12.0 Å². The van der Waals surface area contributed by atoms with Crippen LogP contribution in [0.25, 0.3) is 0 Å². The Morgan fingerprint density at radius 3 is 2.29 bits per heavy atom. The molecule has 0 aliphatic carbocycles. The average molecular weight is 283 g/mol. The first-order valence-corrected chi connectivity index (χ1v) is 7.60. The second kappa shape index (κ2) is 7.84. The highest BCUT2D eigenvalue weighted by atomic mass is 16.5. The van der Waals surface area contributed by atoms with E-state index in [1.807, 2.05) is 0 Å². The zero-order valence-corrected chi connectivity index (χ0v) is 13.2. The normalized spacial score (nSPS) is 12.4. The van der Waals surface area contributed by atoms with Crippen molar-refractivity contribution in [3.05, 3.63) is 65.7 Å². The third-order valence-corrected chi connectivity index (χ3v) is 3.73. The van der Waals surface area contributed by atoms with Crippen LogP contribution in [0.3, 0.4) is 0 Å². The number of nitrogens with one attached hydrogen (secondary N) is 1. The smallest absolute Gasteiger partial charge is 0.0536 e. The SMILES string of the molecule is COCCc1ccccc1NC(c1ccccc1)C(C)C. The van der Waals surface area contributed by atoms with Gasteiger partial charge in [-0.3, -0.25) is 0 Å². The average Bonchev–Trinajstić information content (AvgIpc) is 2.52. The molecule has 2 aromatic carbocycles. The number of hydrogen-bond acceptors (Lipinski definition) is 2. The van der Waals surface area contributed by atoms with Gasteiger partial charge in [0.15, 0.2) is 0 Å². The molecule has 21 heavy (non-hydrogen) atoms. The lowest BCUT2D eigenvalue weighted by molar-refractivity contribution is 0.202. The van der Waals surface area contributed by atoms with E-state index in [1.54, 1.807) is 7.11 Å². The third kappa shape index (κ3) is 4.33. The fourth-order valence-corrected chi connectivity index (χ4v) is 2.55. The summed E-state index contributed by atoms with van der Waals surface area (Å²) in [6, 6.07) is 19.5. The van der Waals surface area contributed by atoms with E-state index in [2.05, 4.69) is 73.8 Å². The minimum atomic E-state index is 0.315. The van der Waals surface area contributed by atoms with Crippen LogP contribution >= 0.6 is 0 Å². The van der Waals surface area contributed by atoms with Crippen LogP contribution in [0.1, 0.15) is 31.0 Å². The molecule has 0 saturated heterocycles. The van der Waals surface area contributed by atoms with Crippen molar-refractivity contribution in [1.82, 2.24) is 0 Å². The maximum atomic E-state index is 5.21. The molecule has 2 heteroatoms. The van der Waals surface area contributed by atoms with Crippen LogP contribution in [-0.2, 0) is 11.2 Å². The van der Waals surface area contributed by atoms with Crippen molar-refractivity contribution in [1.29, 1.82) is 0 Å². The van der Waals surface area contributed by atoms with Gasteiger partial charge in [0, 0.05) is 12.8 Å². The Balaban J connectivity index is 2.21. The Morgan fingerprint density at radius 1 is 0.952 bits per heavy atom. The van der Waals surface area contributed by atoms with Crippen LogP contribution in [0.4, 0.5) is 5.69 Å². The number of rotatable bonds is 7. The Labute approximate surface area is 128 Å². The topological polar surface area (TPSA) is 21.3 Å². The lowest BCUT2D eigenvalue weighted by Gasteiger charge is -2.25. The zero-order valence-electron chi connectivity index (χ0n) is 13.2. The molecule has 1 atom stereocenters. The standard InChI is InChI=1S/C19H25NO/c1-15(2)19(17-10-5-4-6-11-17)20-18-12-8-7-9-16(18)13-14-21-3/h4-12,15,19-20H,13-14H2,1-3H3. The van der Waals surface area contributed by atoms with Crippen molar-refractivity contribution >= 4 is 5.69 Å². The molecule has 1 unspecified atom stereocenters. The molecule has 0 amide bonds. The molecule has 1 N–H and O–H groups in total. The molecule has 0 aromatic heterocycles. The summed E-state index contributed by atoms with van der Waals surface area (Å²) in [5, 5.41) is 3.72. The van der Waals surface area contributed by atoms with Gasteiger partial charge in [0.2, 0.25) is 0 Å². The van der Waals surface area contributed by atoms with Gasteiger partial charge < -0.3 is 10.1 Å². The monoisotopic (exact) mass is 283 g/mol. The van der Waals surface area contributed by atoms with E-state index in [-0.39, 0.29) is 0 Å². The lowest BCUT2D eigenvalue weighted by atomic mass is 9.95. The van der Waals surface area contributed by atoms with Crippen molar-refractivity contribution in [2.75, 3.05) is 19.0 Å². The first kappa shape index (κ1) is 15.6. The van der Waals surface area contributed by atoms with Crippen molar-refractivity contribution in [2.24, 2.45) is 5.92 Å². The third-order valence-electron chi connectivity index (χ3n) is 3.73. The summed E-state index contributed by atoms with van der Waals surface area (Å²) in [4.78, 5) is 0. The summed E-state index contributed by atoms with van der Waals surface area (Å²) in [5.41, 5.74) is 3.84. The molecule has 0 saturated carbocycles. The summed E-state index contributed by atoms with van der Waals surface area (Å²) in [6.45, 7) is 5.25. The first-order valence-electron chi connectivity index (χ1n) is 7.60. The quantitative estimate of drug-likeness (QED) is 0.796. The van der Waals surface area contributed by atoms with Gasteiger partial charge in [0.1, 0.15) is 0 Å². The van der Waals surface area contributed by atoms with Crippen molar-refractivity contribution in [3.8, 4) is 0 Å². The maximum Gasteiger partial charge on any atom is 0.0536 e. The van der Waals surface area contributed by atoms with E-state index in [9.17, 15) is 0 Å². The van der Waals surface area contributed by atoms with Gasteiger partial charge in [-0.05, 0) is 29.5 Å². The predicted octanol–water partition coefficient (Wildman–Crippen LogP) is 4.68. The molecule has 2 rings (SSSR count). The first-order chi connectivity index (χ1) is 10.2. The molecule has 0 heterocycles. The number of anilines is 1. The number of methoxy groups -OCH3 is 1. The maximum absolute atomic E-state index is 5.21. The van der Waals surface area contributed by atoms with E-state index in [4.69, 9.17) is 4.74 Å². The molecule has 112 valence electrons. The molecule has 0 aliphatic rings. The van der Waals surface area contributed by atoms with Gasteiger partial charge in [-0.25, -0.2) is 0 Å². The second-order valence-electron chi connectivity index (χ2n) is 5.68. The Morgan fingerprint density at radius 2 is 1.62 bits per heavy atom. The lowest BCUT2D eigenvalue weighted by Crippen LogP contribution is -2.17. The van der Waals surface area contributed by atoms with Crippen molar-refractivity contribution in [2.45, 2.75) is 26.3 Å². The number of para-hydroxylation sites is 1. The van der Waals surface area contributed by atoms with Crippen LogP contribution in [0.15, 0.2) is 54.6 Å². The molecule has 0 bridgehead atoms. The fourth-order valence-electron chi connectivity index (χ4n) is 2.55. The zero-order chi connectivity index (χ0) is 15.1. The Bertz CT molecular complexity index is 536. The van der Waals surface area contributed by atoms with Crippen molar-refractivity contribution in [3.63, 3.8) is 0 Å². The molecular weight excluding hydrogens is 258 g/mol. The van der Waals surface area contributed by atoms with Gasteiger partial charge in [0.25, 0.3) is 0 Å². The van der Waals surface area contributed by atoms with Gasteiger partial charge in [-0.15, -0.1) is 0 Å². The molecule has 2 nitrogen and oxygen atoms in total. The highest BCUT2D eigenvalue weighted by molar-refractivity contribution is 5.53. The highest BCUT2D eigenvalue weighted by Gasteiger charge is 2.16. The number of ether oxygens (including phenoxy) is 1. The number of benzene rings is 2. The van der Waals surface area contributed by atoms with Gasteiger partial charge in [0.05, 0.1) is 12.6 Å². The summed E-state index contributed by atoms with van der Waals surface area (Å²) < 4.78 is 5.21. The molecule has 0 aliphatic heterocycles. The van der Waals surface area contributed by atoms with Crippen molar-refractivity contribution < 1.29 is 4.74 Å². The van der Waals surface area contributed by atoms with Gasteiger partial charge in [-0.2, -0.15) is 0 Å². The Kier molecular flexibility index (Phi) is 5.82. The predicted molar refractivity (Wildman–Crippen MR) is 89.7 cm³/mol. The van der Waals surface area contributed by atoms with E-state index in [0.717, 1.165) is 13.0 Å². The molecule has 2 aromatic rings. The van der Waals surface area contributed by atoms with Gasteiger partial charge in [-0.1, -0.05) is 62.4 Å². The van der Waals surface area contributed by atoms with E-state index >= 15 is 0 Å². The summed E-state index contributed by atoms with van der Waals surface area (Å²) in [7, 11) is 1.75. The Hall–Kier alpha value is -1.80. The van der Waals surface area contributed by atoms with E-state index in [1.165, 1.54) is 16.8 Å². The fraction of sp³-hybridized carbons (Fsp3) is 0.368. The minimum absolute atomic E-state index is 0.315. The highest BCUT2D eigenvalue weighted by Crippen LogP contribution is 2.28. The van der Waals surface area contributed by atoms with Crippen LogP contribution in [0.2, 0.25) is 0 Å². The summed E-state index contributed by atoms with van der Waals surface area (Å²) in [6.07, 6.45) is 0.930. The second-order valence-corrected chi connectivity index (χ2v) is 5.68. The largest absolute Gasteiger partial charge is 0.384 e. The molecule has 0 radical (unpaired) electrons. The van der Waals surface area contributed by atoms with Crippen LogP contribution < -0.4 is 5.32 Å². The minimum Gasteiger partial charge on any atom is -0.384 e. The van der Waals surface area contributed by atoms with Crippen LogP contribution in [0.5, 0.6) is 0 Å². The molecule has 0 fully saturated rings. The summed E-state index contributed by atoms with van der Waals surface area (Å²) in [5.74, 6) is 0.517. The van der Waals surface area contributed by atoms with Crippen LogP contribution in [-0.4, -0.2) is 13.7 Å².